The van der Waals surface area contributed by atoms with Crippen molar-refractivity contribution in [3.63, 3.8) is 0 Å². The molecule has 0 heterocycles. The number of nitrogens with zero attached hydrogens (tertiary/aromatic N) is 1. The SMILES string of the molecule is CCc1cccc([N+](=O)[O-])c1C(=O)c1ccccc1. The molecule has 2 rings (SSSR count). The first kappa shape index (κ1) is 13.0. The fraction of sp³-hybridized carbons (Fsp3) is 0.133. The summed E-state index contributed by atoms with van der Waals surface area (Å²) in [5.41, 5.74) is 1.23. The van der Waals surface area contributed by atoms with Gasteiger partial charge in [0.15, 0.2) is 5.78 Å². The van der Waals surface area contributed by atoms with Gasteiger partial charge in [-0.05, 0) is 12.0 Å². The first-order valence-corrected chi connectivity index (χ1v) is 6.01. The third kappa shape index (κ3) is 2.52. The molecule has 4 heteroatoms. The zero-order valence-corrected chi connectivity index (χ0v) is 10.5. The largest absolute Gasteiger partial charge is 0.288 e. The molecule has 0 N–H and O–H groups in total. The highest BCUT2D eigenvalue weighted by Gasteiger charge is 2.23. The Balaban J connectivity index is 2.61. The highest BCUT2D eigenvalue weighted by atomic mass is 16.6. The maximum atomic E-state index is 12.4. The van der Waals surface area contributed by atoms with Crippen LogP contribution in [0.4, 0.5) is 5.69 Å². The molecule has 0 spiro atoms. The molecule has 0 aromatic heterocycles. The monoisotopic (exact) mass is 255 g/mol. The number of aryl methyl sites for hydroxylation is 1. The molecule has 0 aliphatic heterocycles. The van der Waals surface area contributed by atoms with Crippen LogP contribution in [0.2, 0.25) is 0 Å². The Morgan fingerprint density at radius 1 is 1.11 bits per heavy atom. The van der Waals surface area contributed by atoms with Gasteiger partial charge in [-0.15, -0.1) is 0 Å². The molecule has 19 heavy (non-hydrogen) atoms. The Morgan fingerprint density at radius 3 is 2.37 bits per heavy atom. The van der Waals surface area contributed by atoms with E-state index in [2.05, 4.69) is 0 Å². The molecule has 96 valence electrons. The Labute approximate surface area is 110 Å². The van der Waals surface area contributed by atoms with Crippen LogP contribution in [0.5, 0.6) is 0 Å². The van der Waals surface area contributed by atoms with Gasteiger partial charge in [0.2, 0.25) is 0 Å². The van der Waals surface area contributed by atoms with Crippen LogP contribution in [-0.4, -0.2) is 10.7 Å². The molecule has 2 aromatic carbocycles. The smallest absolute Gasteiger partial charge is 0.280 e. The van der Waals surface area contributed by atoms with Crippen molar-refractivity contribution >= 4 is 11.5 Å². The summed E-state index contributed by atoms with van der Waals surface area (Å²) in [5, 5.41) is 11.1. The molecule has 0 amide bonds. The highest BCUT2D eigenvalue weighted by molar-refractivity contribution is 6.12. The van der Waals surface area contributed by atoms with Crippen LogP contribution in [0.25, 0.3) is 0 Å². The van der Waals surface area contributed by atoms with Gasteiger partial charge in [0, 0.05) is 11.6 Å². The van der Waals surface area contributed by atoms with E-state index in [1.165, 1.54) is 6.07 Å². The lowest BCUT2D eigenvalue weighted by Gasteiger charge is -2.07. The van der Waals surface area contributed by atoms with Gasteiger partial charge in [0.1, 0.15) is 5.56 Å². The molecular formula is C15H13NO3. The van der Waals surface area contributed by atoms with Crippen LogP contribution in [0.1, 0.15) is 28.4 Å². The van der Waals surface area contributed by atoms with E-state index in [0.717, 1.165) is 0 Å². The standard InChI is InChI=1S/C15H13NO3/c1-2-11-9-6-10-13(16(18)19)14(11)15(17)12-7-4-3-5-8-12/h3-10H,2H2,1H3. The summed E-state index contributed by atoms with van der Waals surface area (Å²) in [4.78, 5) is 23.0. The summed E-state index contributed by atoms with van der Waals surface area (Å²) in [6.07, 6.45) is 0.579. The van der Waals surface area contributed by atoms with Gasteiger partial charge in [0.25, 0.3) is 5.69 Å². The second-order valence-corrected chi connectivity index (χ2v) is 4.12. The van der Waals surface area contributed by atoms with Crippen LogP contribution in [0, 0.1) is 10.1 Å². The van der Waals surface area contributed by atoms with Crippen molar-refractivity contribution in [1.29, 1.82) is 0 Å². The highest BCUT2D eigenvalue weighted by Crippen LogP contribution is 2.25. The predicted molar refractivity (Wildman–Crippen MR) is 72.3 cm³/mol. The molecule has 4 nitrogen and oxygen atoms in total. The van der Waals surface area contributed by atoms with E-state index >= 15 is 0 Å². The van der Waals surface area contributed by atoms with Crippen molar-refractivity contribution in [3.8, 4) is 0 Å². The van der Waals surface area contributed by atoms with Crippen LogP contribution in [0.15, 0.2) is 48.5 Å². The van der Waals surface area contributed by atoms with Gasteiger partial charge in [-0.2, -0.15) is 0 Å². The van der Waals surface area contributed by atoms with Crippen molar-refractivity contribution in [3.05, 3.63) is 75.3 Å². The molecule has 0 radical (unpaired) electrons. The Bertz CT molecular complexity index is 621. The maximum absolute atomic E-state index is 12.4. The zero-order chi connectivity index (χ0) is 13.8. The lowest BCUT2D eigenvalue weighted by atomic mass is 9.95. The van der Waals surface area contributed by atoms with E-state index in [-0.39, 0.29) is 17.0 Å². The Morgan fingerprint density at radius 2 is 1.79 bits per heavy atom. The van der Waals surface area contributed by atoms with E-state index < -0.39 is 4.92 Å². The van der Waals surface area contributed by atoms with Crippen molar-refractivity contribution < 1.29 is 9.72 Å². The van der Waals surface area contributed by atoms with E-state index in [1.54, 1.807) is 42.5 Å². The van der Waals surface area contributed by atoms with E-state index in [0.29, 0.717) is 17.5 Å². The average Bonchev–Trinajstić information content (AvgIpc) is 2.46. The molecule has 0 saturated heterocycles. The molecule has 0 fully saturated rings. The second-order valence-electron chi connectivity index (χ2n) is 4.12. The number of carbonyl (C=O) groups is 1. The Hall–Kier alpha value is -2.49. The minimum absolute atomic E-state index is 0.131. The molecule has 0 aliphatic carbocycles. The topological polar surface area (TPSA) is 60.2 Å². The molecule has 0 bridgehead atoms. The van der Waals surface area contributed by atoms with Crippen molar-refractivity contribution in [2.75, 3.05) is 0 Å². The third-order valence-corrected chi connectivity index (χ3v) is 2.97. The van der Waals surface area contributed by atoms with Crippen molar-refractivity contribution in [1.82, 2.24) is 0 Å². The number of benzene rings is 2. The normalized spacial score (nSPS) is 10.2. The number of hydrogen-bond acceptors (Lipinski definition) is 3. The molecule has 0 unspecified atom stereocenters. The average molecular weight is 255 g/mol. The fourth-order valence-corrected chi connectivity index (χ4v) is 2.03. The summed E-state index contributed by atoms with van der Waals surface area (Å²) >= 11 is 0. The predicted octanol–water partition coefficient (Wildman–Crippen LogP) is 3.39. The van der Waals surface area contributed by atoms with E-state index in [4.69, 9.17) is 0 Å². The lowest BCUT2D eigenvalue weighted by Crippen LogP contribution is -2.08. The molecular weight excluding hydrogens is 242 g/mol. The summed E-state index contributed by atoms with van der Waals surface area (Å²) < 4.78 is 0. The fourth-order valence-electron chi connectivity index (χ4n) is 2.03. The minimum atomic E-state index is -0.505. The van der Waals surface area contributed by atoms with Gasteiger partial charge in [-0.25, -0.2) is 0 Å². The number of rotatable bonds is 4. The summed E-state index contributed by atoms with van der Waals surface area (Å²) in [7, 11) is 0. The second kappa shape index (κ2) is 5.44. The summed E-state index contributed by atoms with van der Waals surface area (Å²) in [5.74, 6) is -0.301. The quantitative estimate of drug-likeness (QED) is 0.478. The number of nitro groups is 1. The number of carbonyl (C=O) groups excluding carboxylic acids is 1. The van der Waals surface area contributed by atoms with E-state index in [1.807, 2.05) is 6.92 Å². The number of hydrogen-bond donors (Lipinski definition) is 0. The van der Waals surface area contributed by atoms with Crippen molar-refractivity contribution in [2.24, 2.45) is 0 Å². The third-order valence-electron chi connectivity index (χ3n) is 2.97. The maximum Gasteiger partial charge on any atom is 0.280 e. The molecule has 0 aliphatic rings. The summed E-state index contributed by atoms with van der Waals surface area (Å²) in [6, 6.07) is 13.4. The molecule has 0 saturated carbocycles. The van der Waals surface area contributed by atoms with Crippen molar-refractivity contribution in [2.45, 2.75) is 13.3 Å². The molecule has 2 aromatic rings. The van der Waals surface area contributed by atoms with Crippen LogP contribution < -0.4 is 0 Å². The lowest BCUT2D eigenvalue weighted by molar-refractivity contribution is -0.385. The number of nitro benzene ring substituents is 1. The summed E-state index contributed by atoms with van der Waals surface area (Å²) in [6.45, 7) is 1.88. The van der Waals surface area contributed by atoms with E-state index in [9.17, 15) is 14.9 Å². The first-order valence-electron chi connectivity index (χ1n) is 6.01. The van der Waals surface area contributed by atoms with Gasteiger partial charge in [-0.3, -0.25) is 14.9 Å². The Kier molecular flexibility index (Phi) is 3.71. The van der Waals surface area contributed by atoms with Gasteiger partial charge in [0.05, 0.1) is 4.92 Å². The zero-order valence-electron chi connectivity index (χ0n) is 10.5. The minimum Gasteiger partial charge on any atom is -0.288 e. The molecule has 0 atom stereocenters. The number of ketones is 1. The van der Waals surface area contributed by atoms with Crippen LogP contribution >= 0.6 is 0 Å². The van der Waals surface area contributed by atoms with Gasteiger partial charge >= 0.3 is 0 Å². The van der Waals surface area contributed by atoms with Gasteiger partial charge < -0.3 is 0 Å². The van der Waals surface area contributed by atoms with Crippen LogP contribution in [-0.2, 0) is 6.42 Å². The van der Waals surface area contributed by atoms with Crippen LogP contribution in [0.3, 0.4) is 0 Å². The van der Waals surface area contributed by atoms with Gasteiger partial charge in [-0.1, -0.05) is 49.4 Å². The first-order chi connectivity index (χ1) is 9.15.